The number of hydrogen-bond acceptors (Lipinski definition) is 3. The van der Waals surface area contributed by atoms with Crippen LogP contribution in [-0.2, 0) is 4.57 Å². The number of benzene rings is 2. The quantitative estimate of drug-likeness (QED) is 0.642. The van der Waals surface area contributed by atoms with Gasteiger partial charge in [0, 0.05) is 16.8 Å². The fourth-order valence-electron chi connectivity index (χ4n) is 3.54. The molecule has 0 amide bonds. The molecule has 0 aliphatic heterocycles. The maximum atomic E-state index is 14.0. The molecule has 3 nitrogen and oxygen atoms in total. The Morgan fingerprint density at radius 1 is 0.923 bits per heavy atom. The van der Waals surface area contributed by atoms with Crippen molar-refractivity contribution < 1.29 is 14.8 Å². The Kier molecular flexibility index (Phi) is 5.93. The summed E-state index contributed by atoms with van der Waals surface area (Å²) in [6, 6.07) is 19.1. The molecule has 2 aromatic carbocycles. The maximum Gasteiger partial charge on any atom is 0.146 e. The van der Waals surface area contributed by atoms with Crippen LogP contribution in [0.5, 0.6) is 0 Å². The molecule has 2 atom stereocenters. The van der Waals surface area contributed by atoms with E-state index in [4.69, 9.17) is 0 Å². The Bertz CT molecular complexity index is 781. The van der Waals surface area contributed by atoms with Gasteiger partial charge in [-0.05, 0) is 25.3 Å². The number of allylic oxidation sites excluding steroid dienone is 2. The van der Waals surface area contributed by atoms with Crippen molar-refractivity contribution in [2.45, 2.75) is 32.0 Å². The predicted molar refractivity (Wildman–Crippen MR) is 108 cm³/mol. The monoisotopic (exact) mass is 368 g/mol. The van der Waals surface area contributed by atoms with E-state index < -0.39 is 19.3 Å². The van der Waals surface area contributed by atoms with Gasteiger partial charge in [0.05, 0.1) is 12.2 Å². The van der Waals surface area contributed by atoms with Crippen molar-refractivity contribution in [2.75, 3.05) is 6.16 Å². The largest absolute Gasteiger partial charge is 0.388 e. The Labute approximate surface area is 155 Å². The highest BCUT2D eigenvalue weighted by atomic mass is 31.2. The van der Waals surface area contributed by atoms with E-state index in [1.807, 2.05) is 73.7 Å². The van der Waals surface area contributed by atoms with Gasteiger partial charge in [-0.2, -0.15) is 0 Å². The molecule has 0 heterocycles. The molecule has 0 unspecified atom stereocenters. The third-order valence-corrected chi connectivity index (χ3v) is 7.96. The summed E-state index contributed by atoms with van der Waals surface area (Å²) in [4.78, 5) is 0. The average Bonchev–Trinajstić information content (AvgIpc) is 2.67. The molecule has 1 fully saturated rings. The molecular formula is C22H25O3P. The van der Waals surface area contributed by atoms with Gasteiger partial charge in [0.15, 0.2) is 0 Å². The van der Waals surface area contributed by atoms with Gasteiger partial charge in [0.1, 0.15) is 7.14 Å². The van der Waals surface area contributed by atoms with Crippen LogP contribution in [0.2, 0.25) is 0 Å². The average molecular weight is 368 g/mol. The van der Waals surface area contributed by atoms with Gasteiger partial charge >= 0.3 is 0 Å². The zero-order valence-corrected chi connectivity index (χ0v) is 15.8. The lowest BCUT2D eigenvalue weighted by molar-refractivity contribution is 0.122. The van der Waals surface area contributed by atoms with Crippen LogP contribution in [0, 0.1) is 0 Å². The molecule has 1 saturated carbocycles. The highest BCUT2D eigenvalue weighted by Crippen LogP contribution is 2.44. The van der Waals surface area contributed by atoms with E-state index in [-0.39, 0.29) is 0 Å². The Morgan fingerprint density at radius 2 is 1.38 bits per heavy atom. The predicted octanol–water partition coefficient (Wildman–Crippen LogP) is 3.39. The molecule has 4 heteroatoms. The fourth-order valence-corrected chi connectivity index (χ4v) is 6.09. The van der Waals surface area contributed by atoms with E-state index >= 15 is 0 Å². The number of hydrogen-bond donors (Lipinski definition) is 2. The summed E-state index contributed by atoms with van der Waals surface area (Å²) in [6.07, 6.45) is 3.78. The van der Waals surface area contributed by atoms with E-state index in [1.165, 1.54) is 0 Å². The van der Waals surface area contributed by atoms with Crippen LogP contribution in [0.4, 0.5) is 0 Å². The minimum Gasteiger partial charge on any atom is -0.388 e. The molecule has 1 aliphatic rings. The van der Waals surface area contributed by atoms with Gasteiger partial charge in [-0.3, -0.25) is 0 Å². The molecule has 0 saturated heterocycles. The zero-order chi connectivity index (χ0) is 18.6. The number of aliphatic hydroxyl groups excluding tert-OH is 2. The van der Waals surface area contributed by atoms with Gasteiger partial charge in [-0.1, -0.05) is 78.4 Å². The molecular weight excluding hydrogens is 343 g/mol. The van der Waals surface area contributed by atoms with Gasteiger partial charge in [-0.25, -0.2) is 0 Å². The van der Waals surface area contributed by atoms with Crippen molar-refractivity contribution in [1.29, 1.82) is 0 Å². The Balaban J connectivity index is 1.92. The van der Waals surface area contributed by atoms with Crippen LogP contribution in [-0.4, -0.2) is 28.6 Å². The molecule has 0 spiro atoms. The van der Waals surface area contributed by atoms with Crippen LogP contribution in [0.3, 0.4) is 0 Å². The lowest BCUT2D eigenvalue weighted by Gasteiger charge is -2.28. The third kappa shape index (κ3) is 3.91. The van der Waals surface area contributed by atoms with Crippen molar-refractivity contribution in [3.05, 3.63) is 84.0 Å². The molecule has 2 N–H and O–H groups in total. The maximum absolute atomic E-state index is 14.0. The second-order valence-electron chi connectivity index (χ2n) is 6.68. The first-order valence-corrected chi connectivity index (χ1v) is 10.8. The molecule has 3 rings (SSSR count). The molecule has 0 aromatic heterocycles. The minimum absolute atomic E-state index is 0.390. The first-order chi connectivity index (χ1) is 12.5. The smallest absolute Gasteiger partial charge is 0.146 e. The minimum atomic E-state index is -2.81. The van der Waals surface area contributed by atoms with Crippen molar-refractivity contribution in [2.24, 2.45) is 0 Å². The highest BCUT2D eigenvalue weighted by Gasteiger charge is 2.29. The van der Waals surface area contributed by atoms with E-state index in [0.29, 0.717) is 24.6 Å². The second-order valence-corrected chi connectivity index (χ2v) is 9.56. The van der Waals surface area contributed by atoms with Gasteiger partial charge < -0.3 is 14.8 Å². The lowest BCUT2D eigenvalue weighted by Crippen LogP contribution is -2.29. The van der Waals surface area contributed by atoms with Crippen molar-refractivity contribution in [3.8, 4) is 0 Å². The Hall–Kier alpha value is -1.93. The molecule has 0 bridgehead atoms. The molecule has 2 aromatic rings. The molecule has 26 heavy (non-hydrogen) atoms. The molecule has 1 aliphatic carbocycles. The third-order valence-electron chi connectivity index (χ3n) is 5.00. The summed E-state index contributed by atoms with van der Waals surface area (Å²) < 4.78 is 14.0. The van der Waals surface area contributed by atoms with Gasteiger partial charge in [0.2, 0.25) is 0 Å². The lowest BCUT2D eigenvalue weighted by atomic mass is 9.85. The summed E-state index contributed by atoms with van der Waals surface area (Å²) in [7, 11) is -2.81. The van der Waals surface area contributed by atoms with Gasteiger partial charge in [0.25, 0.3) is 0 Å². The van der Waals surface area contributed by atoms with Gasteiger partial charge in [-0.15, -0.1) is 0 Å². The summed E-state index contributed by atoms with van der Waals surface area (Å²) >= 11 is 0. The van der Waals surface area contributed by atoms with Crippen LogP contribution in [0.25, 0.3) is 0 Å². The highest BCUT2D eigenvalue weighted by molar-refractivity contribution is 7.78. The number of aliphatic hydroxyl groups is 2. The zero-order valence-electron chi connectivity index (χ0n) is 15.0. The Morgan fingerprint density at radius 3 is 1.81 bits per heavy atom. The van der Waals surface area contributed by atoms with E-state index in [0.717, 1.165) is 16.2 Å². The topological polar surface area (TPSA) is 57.5 Å². The first kappa shape index (κ1) is 18.8. The normalized spacial score (nSPS) is 20.7. The summed E-state index contributed by atoms with van der Waals surface area (Å²) in [5.74, 6) is 0. The van der Waals surface area contributed by atoms with Crippen molar-refractivity contribution in [1.82, 2.24) is 0 Å². The number of rotatable bonds is 4. The van der Waals surface area contributed by atoms with Crippen molar-refractivity contribution >= 4 is 17.8 Å². The van der Waals surface area contributed by atoms with E-state index in [9.17, 15) is 14.8 Å². The first-order valence-electron chi connectivity index (χ1n) is 8.95. The van der Waals surface area contributed by atoms with Crippen LogP contribution >= 0.6 is 7.14 Å². The molecule has 0 radical (unpaired) electrons. The standard InChI is InChI=1S/C22H25O3P/c1-2-20-21(23)15-17(16-22(20)24)13-14-26(25,18-9-5-3-6-10-18)19-11-7-4-8-12-19/h2-13,21-24H,14-16H2,1H3/t21-,22-/m1/s1. The van der Waals surface area contributed by atoms with Crippen molar-refractivity contribution in [3.63, 3.8) is 0 Å². The summed E-state index contributed by atoms with van der Waals surface area (Å²) in [5, 5.41) is 22.1. The van der Waals surface area contributed by atoms with E-state index in [2.05, 4.69) is 0 Å². The molecule has 136 valence electrons. The summed E-state index contributed by atoms with van der Waals surface area (Å²) in [6.45, 7) is 1.83. The van der Waals surface area contributed by atoms with Crippen LogP contribution < -0.4 is 10.6 Å². The van der Waals surface area contributed by atoms with Crippen LogP contribution in [0.15, 0.2) is 84.0 Å². The summed E-state index contributed by atoms with van der Waals surface area (Å²) in [5.41, 5.74) is 1.64. The van der Waals surface area contributed by atoms with E-state index in [1.54, 1.807) is 6.08 Å². The SMILES string of the molecule is CC=C1[C@H](O)CC(=CCP(=O)(c2ccccc2)c2ccccc2)C[C@H]1O. The fraction of sp³-hybridized carbons (Fsp3) is 0.273. The second kappa shape index (κ2) is 8.18. The van der Waals surface area contributed by atoms with Crippen LogP contribution in [0.1, 0.15) is 19.8 Å².